The summed E-state index contributed by atoms with van der Waals surface area (Å²) < 4.78 is 0. The molecule has 1 aromatic rings. The topological polar surface area (TPSA) is 53.4 Å². The fourth-order valence-electron chi connectivity index (χ4n) is 0.484. The van der Waals surface area contributed by atoms with E-state index in [0.29, 0.717) is 5.46 Å². The SMILES string of the molecule is OB(O)c1cc[c-]nc1.[Co]. The molecule has 0 aliphatic heterocycles. The molecule has 0 aromatic carbocycles. The predicted octanol–water partition coefficient (Wildman–Crippen LogP) is -1.44. The first-order valence-electron chi connectivity index (χ1n) is 2.49. The summed E-state index contributed by atoms with van der Waals surface area (Å²) in [4.78, 5) is 3.56. The molecule has 0 aliphatic rings. The molecule has 0 atom stereocenters. The molecule has 0 unspecified atom stereocenters. The minimum absolute atomic E-state index is 0. The van der Waals surface area contributed by atoms with E-state index in [4.69, 9.17) is 10.0 Å². The molecule has 0 bridgehead atoms. The minimum atomic E-state index is -1.42. The van der Waals surface area contributed by atoms with Gasteiger partial charge in [-0.15, -0.1) is 5.46 Å². The molecule has 0 aliphatic carbocycles. The van der Waals surface area contributed by atoms with Crippen molar-refractivity contribution >= 4 is 12.6 Å². The van der Waals surface area contributed by atoms with Gasteiger partial charge >= 0.3 is 7.12 Å². The third-order valence-electron chi connectivity index (χ3n) is 0.937. The van der Waals surface area contributed by atoms with Crippen LogP contribution in [0, 0.1) is 6.20 Å². The normalized spacial score (nSPS) is 8.20. The third kappa shape index (κ3) is 2.49. The van der Waals surface area contributed by atoms with E-state index in [2.05, 4.69) is 11.2 Å². The molecule has 55 valence electrons. The van der Waals surface area contributed by atoms with Crippen LogP contribution in [0.25, 0.3) is 0 Å². The maximum atomic E-state index is 8.53. The molecule has 0 amide bonds. The second-order valence-corrected chi connectivity index (χ2v) is 1.59. The molecule has 0 saturated carbocycles. The second kappa shape index (κ2) is 4.46. The Kier molecular flexibility index (Phi) is 4.30. The van der Waals surface area contributed by atoms with Gasteiger partial charge in [-0.25, -0.2) is 0 Å². The van der Waals surface area contributed by atoms with Gasteiger partial charge in [-0.1, -0.05) is 12.4 Å². The number of rotatable bonds is 1. The Morgan fingerprint density at radius 3 is 2.50 bits per heavy atom. The van der Waals surface area contributed by atoms with Crippen molar-refractivity contribution in [2.75, 3.05) is 0 Å². The van der Waals surface area contributed by atoms with Crippen LogP contribution in [0.1, 0.15) is 0 Å². The smallest absolute Gasteiger partial charge is 0.424 e. The maximum absolute atomic E-state index is 8.53. The molecule has 1 radical (unpaired) electrons. The first-order chi connectivity index (χ1) is 4.30. The number of aromatic nitrogens is 1. The summed E-state index contributed by atoms with van der Waals surface area (Å²) in [5.74, 6) is 0. The van der Waals surface area contributed by atoms with Crippen LogP contribution >= 0.6 is 0 Å². The number of nitrogens with zero attached hydrogens (tertiary/aromatic N) is 1. The predicted molar refractivity (Wildman–Crippen MR) is 32.9 cm³/mol. The summed E-state index contributed by atoms with van der Waals surface area (Å²) in [7, 11) is -1.42. The summed E-state index contributed by atoms with van der Waals surface area (Å²) in [6.45, 7) is 0. The molecule has 10 heavy (non-hydrogen) atoms. The van der Waals surface area contributed by atoms with Gasteiger partial charge in [0.2, 0.25) is 0 Å². The molecule has 3 nitrogen and oxygen atoms in total. The Morgan fingerprint density at radius 2 is 2.20 bits per heavy atom. The minimum Gasteiger partial charge on any atom is -0.424 e. The standard InChI is InChI=1S/C5H5BNO2.Co/c8-6(9)5-2-1-3-7-4-5;/h1-2,4,8-9H;/q-1;. The zero-order chi connectivity index (χ0) is 6.69. The molecular formula is C5H5BCoNO2-. The van der Waals surface area contributed by atoms with Crippen molar-refractivity contribution in [3.8, 4) is 0 Å². The summed E-state index contributed by atoms with van der Waals surface area (Å²) in [6, 6.07) is 3.06. The number of hydrogen-bond donors (Lipinski definition) is 2. The van der Waals surface area contributed by atoms with E-state index in [0.717, 1.165) is 0 Å². The van der Waals surface area contributed by atoms with Crippen molar-refractivity contribution in [3.05, 3.63) is 24.5 Å². The zero-order valence-electron chi connectivity index (χ0n) is 4.98. The molecule has 0 saturated heterocycles. The fraction of sp³-hybridized carbons (Fsp3) is 0. The first-order valence-corrected chi connectivity index (χ1v) is 2.49. The van der Waals surface area contributed by atoms with E-state index in [1.807, 2.05) is 0 Å². The van der Waals surface area contributed by atoms with Gasteiger partial charge in [0.1, 0.15) is 0 Å². The van der Waals surface area contributed by atoms with Gasteiger partial charge in [-0.3, -0.25) is 0 Å². The van der Waals surface area contributed by atoms with Gasteiger partial charge in [0.15, 0.2) is 0 Å². The van der Waals surface area contributed by atoms with E-state index < -0.39 is 7.12 Å². The van der Waals surface area contributed by atoms with Gasteiger partial charge < -0.3 is 15.0 Å². The van der Waals surface area contributed by atoms with Crippen molar-refractivity contribution in [1.29, 1.82) is 0 Å². The van der Waals surface area contributed by atoms with Crippen molar-refractivity contribution in [1.82, 2.24) is 4.98 Å². The summed E-state index contributed by atoms with van der Waals surface area (Å²) >= 11 is 0. The third-order valence-corrected chi connectivity index (χ3v) is 0.937. The molecule has 5 heteroatoms. The van der Waals surface area contributed by atoms with Crippen molar-refractivity contribution in [2.45, 2.75) is 0 Å². The largest absolute Gasteiger partial charge is 0.464 e. The van der Waals surface area contributed by atoms with E-state index in [-0.39, 0.29) is 16.8 Å². The Labute approximate surface area is 69.5 Å². The molecule has 1 heterocycles. The first kappa shape index (κ1) is 9.64. The maximum Gasteiger partial charge on any atom is 0.464 e. The molecule has 2 N–H and O–H groups in total. The van der Waals surface area contributed by atoms with Gasteiger partial charge in [-0.2, -0.15) is 12.1 Å². The fourth-order valence-corrected chi connectivity index (χ4v) is 0.484. The Bertz CT molecular complexity index is 182. The summed E-state index contributed by atoms with van der Waals surface area (Å²) in [6.07, 6.45) is 3.87. The van der Waals surface area contributed by atoms with Crippen LogP contribution in [0.4, 0.5) is 0 Å². The second-order valence-electron chi connectivity index (χ2n) is 1.59. The van der Waals surface area contributed by atoms with Crippen LogP contribution in [-0.2, 0) is 16.8 Å². The van der Waals surface area contributed by atoms with Crippen LogP contribution in [0.3, 0.4) is 0 Å². The molecule has 0 spiro atoms. The van der Waals surface area contributed by atoms with Crippen LogP contribution in [-0.4, -0.2) is 22.2 Å². The average molecular weight is 181 g/mol. The van der Waals surface area contributed by atoms with Crippen molar-refractivity contribution in [3.63, 3.8) is 0 Å². The Balaban J connectivity index is 0.000000810. The van der Waals surface area contributed by atoms with E-state index in [9.17, 15) is 0 Å². The van der Waals surface area contributed by atoms with E-state index in [1.54, 1.807) is 0 Å². The van der Waals surface area contributed by atoms with Gasteiger partial charge in [0, 0.05) is 16.8 Å². The van der Waals surface area contributed by atoms with Crippen molar-refractivity contribution < 1.29 is 26.8 Å². The number of hydrogen-bond acceptors (Lipinski definition) is 3. The van der Waals surface area contributed by atoms with Crippen LogP contribution in [0.15, 0.2) is 18.3 Å². The monoisotopic (exact) mass is 181 g/mol. The van der Waals surface area contributed by atoms with Crippen molar-refractivity contribution in [2.24, 2.45) is 0 Å². The van der Waals surface area contributed by atoms with E-state index in [1.165, 1.54) is 18.3 Å². The van der Waals surface area contributed by atoms with Gasteiger partial charge in [-0.05, 0) is 0 Å². The van der Waals surface area contributed by atoms with Gasteiger partial charge in [0.05, 0.1) is 0 Å². The quantitative estimate of drug-likeness (QED) is 0.412. The molecule has 0 fully saturated rings. The Hall–Kier alpha value is -0.359. The Morgan fingerprint density at radius 1 is 1.50 bits per heavy atom. The van der Waals surface area contributed by atoms with Crippen LogP contribution in [0.2, 0.25) is 0 Å². The van der Waals surface area contributed by atoms with Crippen LogP contribution in [0.5, 0.6) is 0 Å². The van der Waals surface area contributed by atoms with Gasteiger partial charge in [0.25, 0.3) is 0 Å². The zero-order valence-corrected chi connectivity index (χ0v) is 6.03. The molecular weight excluding hydrogens is 176 g/mol. The van der Waals surface area contributed by atoms with Crippen LogP contribution < -0.4 is 5.46 Å². The summed E-state index contributed by atoms with van der Waals surface area (Å²) in [5.41, 5.74) is 0.383. The summed E-state index contributed by atoms with van der Waals surface area (Å²) in [5, 5.41) is 17.1. The number of pyridine rings is 1. The molecule has 1 aromatic heterocycles. The average Bonchev–Trinajstić information content (AvgIpc) is 1.90. The van der Waals surface area contributed by atoms with E-state index >= 15 is 0 Å². The molecule has 1 rings (SSSR count).